The van der Waals surface area contributed by atoms with E-state index in [-0.39, 0.29) is 24.4 Å². The number of rotatable bonds is 8. The van der Waals surface area contributed by atoms with Gasteiger partial charge in [0, 0.05) is 55.6 Å². The van der Waals surface area contributed by atoms with Crippen molar-refractivity contribution in [2.24, 2.45) is 5.41 Å². The summed E-state index contributed by atoms with van der Waals surface area (Å²) < 4.78 is 16.9. The Hall–Kier alpha value is -2.55. The van der Waals surface area contributed by atoms with Crippen LogP contribution in [0.15, 0.2) is 47.1 Å². The summed E-state index contributed by atoms with van der Waals surface area (Å²) in [5, 5.41) is 3.43. The van der Waals surface area contributed by atoms with Gasteiger partial charge < -0.3 is 19.5 Å². The molecule has 2 aliphatic heterocycles. The molecule has 0 radical (unpaired) electrons. The molecule has 3 heterocycles. The largest absolute Gasteiger partial charge is 0.463 e. The van der Waals surface area contributed by atoms with Crippen LogP contribution in [0.4, 0.5) is 0 Å². The van der Waals surface area contributed by atoms with Crippen LogP contribution in [-0.4, -0.2) is 74.3 Å². The van der Waals surface area contributed by atoms with E-state index in [4.69, 9.17) is 14.2 Å². The number of allylic oxidation sites excluding steroid dienone is 2. The van der Waals surface area contributed by atoms with Crippen LogP contribution in [0.1, 0.15) is 45.1 Å². The number of Topliss-reactive ketones (excluding diaryl/α,β-unsaturated/α-hetero) is 1. The molecule has 8 nitrogen and oxygen atoms in total. The second-order valence-corrected chi connectivity index (χ2v) is 9.80. The van der Waals surface area contributed by atoms with Gasteiger partial charge in [0.25, 0.3) is 0 Å². The van der Waals surface area contributed by atoms with Crippen LogP contribution >= 0.6 is 0 Å². The molecule has 0 bridgehead atoms. The average Bonchev–Trinajstić information content (AvgIpc) is 2.81. The van der Waals surface area contributed by atoms with Crippen LogP contribution in [-0.2, 0) is 23.8 Å². The zero-order valence-corrected chi connectivity index (χ0v) is 20.4. The highest BCUT2D eigenvalue weighted by atomic mass is 16.5. The average molecular weight is 470 g/mol. The van der Waals surface area contributed by atoms with Crippen molar-refractivity contribution >= 4 is 11.8 Å². The zero-order chi connectivity index (χ0) is 24.1. The number of pyridine rings is 1. The van der Waals surface area contributed by atoms with Crippen molar-refractivity contribution in [1.29, 1.82) is 0 Å². The van der Waals surface area contributed by atoms with E-state index in [9.17, 15) is 9.59 Å². The van der Waals surface area contributed by atoms with E-state index in [1.807, 2.05) is 12.1 Å². The highest BCUT2D eigenvalue weighted by Crippen LogP contribution is 2.46. The summed E-state index contributed by atoms with van der Waals surface area (Å²) in [6.45, 7) is 11.1. The number of hydrogen-bond acceptors (Lipinski definition) is 8. The molecule has 1 atom stereocenters. The van der Waals surface area contributed by atoms with Crippen LogP contribution in [0.5, 0.6) is 0 Å². The number of ketones is 1. The molecule has 1 N–H and O–H groups in total. The van der Waals surface area contributed by atoms with Gasteiger partial charge in [0.15, 0.2) is 5.78 Å². The van der Waals surface area contributed by atoms with Crippen LogP contribution in [0, 0.1) is 5.41 Å². The fourth-order valence-electron chi connectivity index (χ4n) is 4.99. The molecule has 1 aliphatic carbocycles. The van der Waals surface area contributed by atoms with E-state index in [1.165, 1.54) is 0 Å². The van der Waals surface area contributed by atoms with Crippen molar-refractivity contribution in [3.8, 4) is 0 Å². The number of nitrogens with one attached hydrogen (secondary N) is 1. The second kappa shape index (κ2) is 10.8. The first-order valence-corrected chi connectivity index (χ1v) is 12.1. The Morgan fingerprint density at radius 1 is 1.29 bits per heavy atom. The van der Waals surface area contributed by atoms with E-state index in [2.05, 4.69) is 29.0 Å². The van der Waals surface area contributed by atoms with Gasteiger partial charge in [0.1, 0.15) is 0 Å². The Labute approximate surface area is 201 Å². The highest BCUT2D eigenvalue weighted by molar-refractivity contribution is 6.04. The maximum atomic E-state index is 13.4. The first-order chi connectivity index (χ1) is 16.4. The van der Waals surface area contributed by atoms with E-state index >= 15 is 0 Å². The molecule has 0 spiro atoms. The number of carbonyl (C=O) groups is 2. The third-order valence-electron chi connectivity index (χ3n) is 6.54. The SMILES string of the molecule is CCOC(=O)C1=C(COCCN2CCOCC2)NC2=C(C(=O)CC(C)(C)C2)C1c1cccnc1. The molecule has 1 aromatic heterocycles. The van der Waals surface area contributed by atoms with Crippen LogP contribution in [0.25, 0.3) is 0 Å². The van der Waals surface area contributed by atoms with Crippen molar-refractivity contribution in [3.05, 3.63) is 52.6 Å². The Morgan fingerprint density at radius 3 is 2.79 bits per heavy atom. The van der Waals surface area contributed by atoms with Gasteiger partial charge in [0.05, 0.1) is 44.3 Å². The van der Waals surface area contributed by atoms with Crippen molar-refractivity contribution < 1.29 is 23.8 Å². The topological polar surface area (TPSA) is 90.0 Å². The van der Waals surface area contributed by atoms with Gasteiger partial charge >= 0.3 is 5.97 Å². The van der Waals surface area contributed by atoms with E-state index < -0.39 is 11.9 Å². The summed E-state index contributed by atoms with van der Waals surface area (Å²) in [4.78, 5) is 33.2. The number of aromatic nitrogens is 1. The lowest BCUT2D eigenvalue weighted by Gasteiger charge is -2.39. The van der Waals surface area contributed by atoms with Gasteiger partial charge in [-0.25, -0.2) is 4.79 Å². The van der Waals surface area contributed by atoms with E-state index in [0.29, 0.717) is 29.9 Å². The molecule has 1 unspecified atom stereocenters. The number of morpholine rings is 1. The van der Waals surface area contributed by atoms with Crippen molar-refractivity contribution in [3.63, 3.8) is 0 Å². The normalized spacial score (nSPS) is 22.9. The zero-order valence-electron chi connectivity index (χ0n) is 20.4. The molecule has 184 valence electrons. The molecular formula is C26H35N3O5. The first-order valence-electron chi connectivity index (χ1n) is 12.1. The summed E-state index contributed by atoms with van der Waals surface area (Å²) in [5.41, 5.74) is 3.26. The number of esters is 1. The maximum absolute atomic E-state index is 13.4. The van der Waals surface area contributed by atoms with Crippen LogP contribution in [0.3, 0.4) is 0 Å². The third kappa shape index (κ3) is 5.56. The molecule has 1 saturated heterocycles. The summed E-state index contributed by atoms with van der Waals surface area (Å²) in [5.74, 6) is -0.896. The monoisotopic (exact) mass is 469 g/mol. The van der Waals surface area contributed by atoms with Gasteiger partial charge in [-0.15, -0.1) is 0 Å². The Morgan fingerprint density at radius 2 is 2.09 bits per heavy atom. The molecule has 0 aromatic carbocycles. The first kappa shape index (κ1) is 24.6. The minimum atomic E-state index is -0.523. The smallest absolute Gasteiger partial charge is 0.336 e. The van der Waals surface area contributed by atoms with Gasteiger partial charge in [-0.1, -0.05) is 19.9 Å². The Kier molecular flexibility index (Phi) is 7.80. The van der Waals surface area contributed by atoms with Gasteiger partial charge in [-0.3, -0.25) is 14.7 Å². The standard InChI is InChI=1S/C26H35N3O5/c1-4-34-25(31)24-20(17-33-13-10-29-8-11-32-12-9-29)28-19-14-26(2,3)15-21(30)23(19)22(24)18-6-5-7-27-16-18/h5-7,16,22,28H,4,8-15,17H2,1-3H3. The number of hydrogen-bond donors (Lipinski definition) is 1. The fourth-order valence-corrected chi connectivity index (χ4v) is 4.99. The molecule has 8 heteroatoms. The number of nitrogens with zero attached hydrogens (tertiary/aromatic N) is 2. The van der Waals surface area contributed by atoms with Crippen molar-refractivity contribution in [1.82, 2.24) is 15.2 Å². The number of carbonyl (C=O) groups excluding carboxylic acids is 2. The molecule has 0 amide bonds. The lowest BCUT2D eigenvalue weighted by Crippen LogP contribution is -2.41. The summed E-state index contributed by atoms with van der Waals surface area (Å²) >= 11 is 0. The Balaban J connectivity index is 1.64. The minimum absolute atomic E-state index is 0.0571. The second-order valence-electron chi connectivity index (χ2n) is 9.80. The molecular weight excluding hydrogens is 434 g/mol. The molecule has 1 fully saturated rings. The van der Waals surface area contributed by atoms with E-state index in [1.54, 1.807) is 19.3 Å². The number of ether oxygens (including phenoxy) is 3. The van der Waals surface area contributed by atoms with Crippen LogP contribution < -0.4 is 5.32 Å². The molecule has 34 heavy (non-hydrogen) atoms. The molecule has 4 rings (SSSR count). The van der Waals surface area contributed by atoms with Crippen molar-refractivity contribution in [2.75, 3.05) is 52.7 Å². The molecule has 0 saturated carbocycles. The maximum Gasteiger partial charge on any atom is 0.336 e. The minimum Gasteiger partial charge on any atom is -0.463 e. The predicted octanol–water partition coefficient (Wildman–Crippen LogP) is 2.58. The summed E-state index contributed by atoms with van der Waals surface area (Å²) in [6, 6.07) is 3.74. The van der Waals surface area contributed by atoms with Crippen LogP contribution in [0.2, 0.25) is 0 Å². The van der Waals surface area contributed by atoms with Gasteiger partial charge in [-0.2, -0.15) is 0 Å². The van der Waals surface area contributed by atoms with Gasteiger partial charge in [0.2, 0.25) is 0 Å². The molecule has 1 aromatic rings. The van der Waals surface area contributed by atoms with E-state index in [0.717, 1.165) is 50.5 Å². The quantitative estimate of drug-likeness (QED) is 0.459. The summed E-state index contributed by atoms with van der Waals surface area (Å²) in [6.07, 6.45) is 4.57. The third-order valence-corrected chi connectivity index (χ3v) is 6.54. The fraction of sp³-hybridized carbons (Fsp3) is 0.577. The summed E-state index contributed by atoms with van der Waals surface area (Å²) in [7, 11) is 0. The molecule has 3 aliphatic rings. The van der Waals surface area contributed by atoms with Crippen molar-refractivity contribution in [2.45, 2.75) is 39.5 Å². The number of dihydropyridines is 1. The predicted molar refractivity (Wildman–Crippen MR) is 127 cm³/mol. The Bertz CT molecular complexity index is 964. The van der Waals surface area contributed by atoms with Gasteiger partial charge in [-0.05, 0) is 30.4 Å². The highest BCUT2D eigenvalue weighted by Gasteiger charge is 2.43. The lowest BCUT2D eigenvalue weighted by molar-refractivity contribution is -0.139. The lowest BCUT2D eigenvalue weighted by atomic mass is 9.69.